The summed E-state index contributed by atoms with van der Waals surface area (Å²) in [5.41, 5.74) is -1.35. The van der Waals surface area contributed by atoms with Gasteiger partial charge >= 0.3 is 5.97 Å². The van der Waals surface area contributed by atoms with Gasteiger partial charge in [0.2, 0.25) is 0 Å². The van der Waals surface area contributed by atoms with Gasteiger partial charge in [-0.05, 0) is 6.92 Å². The van der Waals surface area contributed by atoms with E-state index in [0.717, 1.165) is 4.68 Å². The van der Waals surface area contributed by atoms with Gasteiger partial charge in [0.15, 0.2) is 5.54 Å². The maximum absolute atomic E-state index is 11.1. The molecule has 0 spiro atoms. The van der Waals surface area contributed by atoms with E-state index in [1.165, 1.54) is 20.4 Å². The zero-order valence-electron chi connectivity index (χ0n) is 8.34. The predicted octanol–water partition coefficient (Wildman–Crippen LogP) is -0.404. The topological polar surface area (TPSA) is 101 Å². The molecule has 7 heteroatoms. The normalized spacial score (nSPS) is 14.2. The highest BCUT2D eigenvalue weighted by Crippen LogP contribution is 2.15. The molecule has 0 aliphatic heterocycles. The van der Waals surface area contributed by atoms with Gasteiger partial charge in [-0.2, -0.15) is 5.26 Å². The molecule has 1 N–H and O–H groups in total. The number of hydrogen-bond acceptors (Lipinski definition) is 5. The third kappa shape index (κ3) is 1.94. The van der Waals surface area contributed by atoms with Crippen molar-refractivity contribution in [2.45, 2.75) is 12.5 Å². The summed E-state index contributed by atoms with van der Waals surface area (Å²) in [6.07, 6.45) is 1.20. The van der Waals surface area contributed by atoms with Crippen LogP contribution in [0.2, 0.25) is 0 Å². The van der Waals surface area contributed by atoms with Crippen LogP contribution in [-0.4, -0.2) is 39.6 Å². The van der Waals surface area contributed by atoms with Gasteiger partial charge in [-0.3, -0.25) is 0 Å². The summed E-state index contributed by atoms with van der Waals surface area (Å²) < 4.78 is 5.92. The third-order valence-electron chi connectivity index (χ3n) is 1.98. The second-order valence-corrected chi connectivity index (χ2v) is 3.14. The fourth-order valence-corrected chi connectivity index (χ4v) is 1.06. The number of aromatic nitrogens is 3. The lowest BCUT2D eigenvalue weighted by Gasteiger charge is -2.23. The molecule has 0 amide bonds. The Morgan fingerprint density at radius 2 is 2.53 bits per heavy atom. The van der Waals surface area contributed by atoms with E-state index >= 15 is 0 Å². The number of aliphatic carboxylic acids is 1. The SMILES string of the molecule is COCC(C)(C(=O)O)n1cnc(C#N)n1. The van der Waals surface area contributed by atoms with Gasteiger partial charge < -0.3 is 9.84 Å². The molecular formula is C8H10N4O3. The Bertz CT molecular complexity index is 408. The molecule has 0 fully saturated rings. The Balaban J connectivity index is 3.10. The fourth-order valence-electron chi connectivity index (χ4n) is 1.06. The molecular weight excluding hydrogens is 200 g/mol. The van der Waals surface area contributed by atoms with Crippen molar-refractivity contribution in [3.63, 3.8) is 0 Å². The molecule has 1 aromatic rings. The van der Waals surface area contributed by atoms with E-state index in [1.54, 1.807) is 6.07 Å². The van der Waals surface area contributed by atoms with E-state index in [0.29, 0.717) is 0 Å². The Morgan fingerprint density at radius 1 is 1.87 bits per heavy atom. The lowest BCUT2D eigenvalue weighted by molar-refractivity contribution is -0.150. The van der Waals surface area contributed by atoms with Crippen molar-refractivity contribution in [1.29, 1.82) is 5.26 Å². The number of methoxy groups -OCH3 is 1. The lowest BCUT2D eigenvalue weighted by atomic mass is 10.1. The number of ether oxygens (including phenoxy) is 1. The number of nitriles is 1. The van der Waals surface area contributed by atoms with Crippen molar-refractivity contribution in [2.24, 2.45) is 0 Å². The van der Waals surface area contributed by atoms with Crippen LogP contribution in [0.25, 0.3) is 0 Å². The van der Waals surface area contributed by atoms with Gasteiger partial charge in [0.05, 0.1) is 6.61 Å². The molecule has 1 rings (SSSR count). The van der Waals surface area contributed by atoms with E-state index in [1.807, 2.05) is 0 Å². The van der Waals surface area contributed by atoms with Crippen molar-refractivity contribution in [2.75, 3.05) is 13.7 Å². The standard InChI is InChI=1S/C8H10N4O3/c1-8(4-15-2,7(13)14)12-5-10-6(3-9)11-12/h5H,4H2,1-2H3,(H,13,14). The third-order valence-corrected chi connectivity index (χ3v) is 1.98. The van der Waals surface area contributed by atoms with Crippen molar-refractivity contribution in [3.8, 4) is 6.07 Å². The minimum Gasteiger partial charge on any atom is -0.479 e. The molecule has 15 heavy (non-hydrogen) atoms. The zero-order valence-corrected chi connectivity index (χ0v) is 8.34. The highest BCUT2D eigenvalue weighted by Gasteiger charge is 2.36. The second kappa shape index (κ2) is 4.06. The molecule has 0 saturated heterocycles. The minimum atomic E-state index is -1.35. The van der Waals surface area contributed by atoms with E-state index in [2.05, 4.69) is 10.1 Å². The van der Waals surface area contributed by atoms with E-state index < -0.39 is 11.5 Å². The molecule has 0 bridgehead atoms. The molecule has 1 heterocycles. The number of nitrogens with zero attached hydrogens (tertiary/aromatic N) is 4. The summed E-state index contributed by atoms with van der Waals surface area (Å²) >= 11 is 0. The molecule has 1 aromatic heterocycles. The number of carbonyl (C=O) groups is 1. The number of hydrogen-bond donors (Lipinski definition) is 1. The highest BCUT2D eigenvalue weighted by atomic mass is 16.5. The fraction of sp³-hybridized carbons (Fsp3) is 0.500. The Labute approximate surface area is 85.9 Å². The van der Waals surface area contributed by atoms with Crippen LogP contribution in [0.3, 0.4) is 0 Å². The first-order valence-corrected chi connectivity index (χ1v) is 4.09. The monoisotopic (exact) mass is 210 g/mol. The van der Waals surface area contributed by atoms with Crippen molar-refractivity contribution >= 4 is 5.97 Å². The molecule has 80 valence electrons. The molecule has 7 nitrogen and oxygen atoms in total. The molecule has 0 aromatic carbocycles. The maximum atomic E-state index is 11.1. The van der Waals surface area contributed by atoms with Crippen molar-refractivity contribution in [1.82, 2.24) is 14.8 Å². The van der Waals surface area contributed by atoms with Gasteiger partial charge in [-0.25, -0.2) is 14.5 Å². The quantitative estimate of drug-likeness (QED) is 0.725. The summed E-state index contributed by atoms with van der Waals surface area (Å²) in [6, 6.07) is 1.72. The largest absolute Gasteiger partial charge is 0.479 e. The summed E-state index contributed by atoms with van der Waals surface area (Å²) in [5, 5.41) is 21.3. The van der Waals surface area contributed by atoms with Crippen LogP contribution in [-0.2, 0) is 15.1 Å². The predicted molar refractivity (Wildman–Crippen MR) is 47.9 cm³/mol. The molecule has 0 aliphatic carbocycles. The summed E-state index contributed by atoms with van der Waals surface area (Å²) in [6.45, 7) is 1.38. The Kier molecular flexibility index (Phi) is 3.01. The zero-order chi connectivity index (χ0) is 11.5. The van der Waals surface area contributed by atoms with Crippen LogP contribution in [0.15, 0.2) is 6.33 Å². The Morgan fingerprint density at radius 3 is 2.93 bits per heavy atom. The van der Waals surface area contributed by atoms with Gasteiger partial charge in [0.1, 0.15) is 12.4 Å². The number of carboxylic acid groups (broad SMARTS) is 1. The molecule has 0 saturated carbocycles. The van der Waals surface area contributed by atoms with Gasteiger partial charge in [-0.1, -0.05) is 0 Å². The van der Waals surface area contributed by atoms with Crippen LogP contribution in [0.4, 0.5) is 0 Å². The average Bonchev–Trinajstić information content (AvgIpc) is 2.66. The van der Waals surface area contributed by atoms with Crippen LogP contribution in [0.1, 0.15) is 12.7 Å². The number of carboxylic acids is 1. The van der Waals surface area contributed by atoms with Gasteiger partial charge in [-0.15, -0.1) is 5.10 Å². The molecule has 0 radical (unpaired) electrons. The van der Waals surface area contributed by atoms with Crippen LogP contribution >= 0.6 is 0 Å². The first-order valence-electron chi connectivity index (χ1n) is 4.09. The second-order valence-electron chi connectivity index (χ2n) is 3.14. The van der Waals surface area contributed by atoms with Gasteiger partial charge in [0.25, 0.3) is 5.82 Å². The van der Waals surface area contributed by atoms with Crippen LogP contribution in [0.5, 0.6) is 0 Å². The first-order chi connectivity index (χ1) is 7.04. The summed E-state index contributed by atoms with van der Waals surface area (Å²) in [4.78, 5) is 14.7. The summed E-state index contributed by atoms with van der Waals surface area (Å²) in [5.74, 6) is -1.17. The van der Waals surface area contributed by atoms with Crippen LogP contribution < -0.4 is 0 Å². The lowest BCUT2D eigenvalue weighted by Crippen LogP contribution is -2.43. The van der Waals surface area contributed by atoms with Crippen molar-refractivity contribution in [3.05, 3.63) is 12.2 Å². The molecule has 1 unspecified atom stereocenters. The smallest absolute Gasteiger partial charge is 0.333 e. The van der Waals surface area contributed by atoms with E-state index in [-0.39, 0.29) is 12.4 Å². The Hall–Kier alpha value is -1.94. The highest BCUT2D eigenvalue weighted by molar-refractivity contribution is 5.76. The van der Waals surface area contributed by atoms with E-state index in [9.17, 15) is 4.79 Å². The molecule has 1 atom stereocenters. The average molecular weight is 210 g/mol. The minimum absolute atomic E-state index is 0.0590. The summed E-state index contributed by atoms with van der Waals surface area (Å²) in [7, 11) is 1.39. The van der Waals surface area contributed by atoms with Gasteiger partial charge in [0, 0.05) is 7.11 Å². The maximum Gasteiger partial charge on any atom is 0.333 e. The number of rotatable bonds is 4. The first kappa shape index (κ1) is 11.1. The van der Waals surface area contributed by atoms with Crippen LogP contribution in [0, 0.1) is 11.3 Å². The van der Waals surface area contributed by atoms with Crippen molar-refractivity contribution < 1.29 is 14.6 Å². The molecule has 0 aliphatic rings. The van der Waals surface area contributed by atoms with E-state index in [4.69, 9.17) is 15.1 Å².